The Hall–Kier alpha value is -2.13. The number of carbonyl (C=O) groups is 1. The molecular weight excluding hydrogens is 250 g/mol. The SMILES string of the molecule is O=C(/C(=N\O)c1ccc(Cl)cc1)c1ccccc1. The minimum absolute atomic E-state index is 0.00198. The quantitative estimate of drug-likeness (QED) is 0.397. The zero-order valence-corrected chi connectivity index (χ0v) is 10.1. The van der Waals surface area contributed by atoms with E-state index in [2.05, 4.69) is 5.16 Å². The molecule has 0 aliphatic rings. The number of ketones is 1. The first kappa shape index (κ1) is 12.3. The van der Waals surface area contributed by atoms with Crippen LogP contribution in [0, 0.1) is 0 Å². The Morgan fingerprint density at radius 3 is 2.11 bits per heavy atom. The summed E-state index contributed by atoms with van der Waals surface area (Å²) in [6.45, 7) is 0. The van der Waals surface area contributed by atoms with E-state index in [4.69, 9.17) is 16.8 Å². The van der Waals surface area contributed by atoms with Gasteiger partial charge in [0.25, 0.3) is 0 Å². The molecule has 0 saturated carbocycles. The summed E-state index contributed by atoms with van der Waals surface area (Å²) >= 11 is 5.77. The zero-order valence-electron chi connectivity index (χ0n) is 9.38. The van der Waals surface area contributed by atoms with Gasteiger partial charge in [0, 0.05) is 16.1 Å². The second kappa shape index (κ2) is 5.47. The fraction of sp³-hybridized carbons (Fsp3) is 0. The summed E-state index contributed by atoms with van der Waals surface area (Å²) in [6, 6.07) is 15.2. The van der Waals surface area contributed by atoms with Crippen molar-refractivity contribution in [3.63, 3.8) is 0 Å². The van der Waals surface area contributed by atoms with E-state index in [9.17, 15) is 4.79 Å². The zero-order chi connectivity index (χ0) is 13.0. The van der Waals surface area contributed by atoms with Crippen LogP contribution in [0.1, 0.15) is 15.9 Å². The number of halogens is 1. The van der Waals surface area contributed by atoms with Crippen molar-refractivity contribution >= 4 is 23.1 Å². The van der Waals surface area contributed by atoms with Gasteiger partial charge in [-0.1, -0.05) is 59.2 Å². The number of benzene rings is 2. The molecule has 0 unspecified atom stereocenters. The number of nitrogens with zero attached hydrogens (tertiary/aromatic N) is 1. The highest BCUT2D eigenvalue weighted by molar-refractivity contribution is 6.51. The monoisotopic (exact) mass is 259 g/mol. The molecule has 2 aromatic rings. The molecule has 90 valence electrons. The van der Waals surface area contributed by atoms with Crippen LogP contribution in [0.4, 0.5) is 0 Å². The fourth-order valence-corrected chi connectivity index (χ4v) is 1.69. The summed E-state index contributed by atoms with van der Waals surface area (Å²) in [5, 5.41) is 12.7. The lowest BCUT2D eigenvalue weighted by molar-refractivity contribution is 0.106. The molecule has 0 atom stereocenters. The predicted molar refractivity (Wildman–Crippen MR) is 70.5 cm³/mol. The third-order valence-electron chi connectivity index (χ3n) is 2.47. The third-order valence-corrected chi connectivity index (χ3v) is 2.72. The van der Waals surface area contributed by atoms with Gasteiger partial charge in [-0.15, -0.1) is 0 Å². The lowest BCUT2D eigenvalue weighted by Gasteiger charge is -2.04. The molecular formula is C14H10ClNO2. The maximum absolute atomic E-state index is 12.1. The topological polar surface area (TPSA) is 49.7 Å². The highest BCUT2D eigenvalue weighted by Gasteiger charge is 2.16. The van der Waals surface area contributed by atoms with Crippen molar-refractivity contribution in [2.75, 3.05) is 0 Å². The summed E-state index contributed by atoms with van der Waals surface area (Å²) < 4.78 is 0. The normalized spacial score (nSPS) is 11.3. The molecule has 0 amide bonds. The van der Waals surface area contributed by atoms with Crippen LogP contribution in [0.15, 0.2) is 59.8 Å². The van der Waals surface area contributed by atoms with Gasteiger partial charge >= 0.3 is 0 Å². The second-order valence-corrected chi connectivity index (χ2v) is 4.09. The van der Waals surface area contributed by atoms with E-state index in [1.165, 1.54) is 0 Å². The highest BCUT2D eigenvalue weighted by Crippen LogP contribution is 2.13. The van der Waals surface area contributed by atoms with E-state index in [0.717, 1.165) is 0 Å². The molecule has 0 aromatic heterocycles. The van der Waals surface area contributed by atoms with Gasteiger partial charge in [-0.25, -0.2) is 0 Å². The van der Waals surface area contributed by atoms with Gasteiger partial charge in [-0.05, 0) is 12.1 Å². The largest absolute Gasteiger partial charge is 0.410 e. The van der Waals surface area contributed by atoms with E-state index < -0.39 is 0 Å². The van der Waals surface area contributed by atoms with Crippen LogP contribution in [0.2, 0.25) is 5.02 Å². The molecule has 0 radical (unpaired) electrons. The summed E-state index contributed by atoms with van der Waals surface area (Å²) in [4.78, 5) is 12.1. The van der Waals surface area contributed by atoms with Crippen molar-refractivity contribution in [1.82, 2.24) is 0 Å². The molecule has 0 aliphatic heterocycles. The highest BCUT2D eigenvalue weighted by atomic mass is 35.5. The Kier molecular flexibility index (Phi) is 3.75. The van der Waals surface area contributed by atoms with Crippen LogP contribution in [0.5, 0.6) is 0 Å². The standard InChI is InChI=1S/C14H10ClNO2/c15-12-8-6-10(7-9-12)13(16-18)14(17)11-4-2-1-3-5-11/h1-9,18H/b16-13-. The summed E-state index contributed by atoms with van der Waals surface area (Å²) in [5.74, 6) is -0.333. The molecule has 18 heavy (non-hydrogen) atoms. The summed E-state index contributed by atoms with van der Waals surface area (Å²) in [7, 11) is 0. The molecule has 3 nitrogen and oxygen atoms in total. The van der Waals surface area contributed by atoms with Crippen molar-refractivity contribution in [3.8, 4) is 0 Å². The van der Waals surface area contributed by atoms with E-state index in [0.29, 0.717) is 16.1 Å². The maximum atomic E-state index is 12.1. The van der Waals surface area contributed by atoms with Gasteiger partial charge < -0.3 is 5.21 Å². The molecule has 1 N–H and O–H groups in total. The first-order valence-corrected chi connectivity index (χ1v) is 5.68. The molecule has 2 rings (SSSR count). The Morgan fingerprint density at radius 1 is 0.944 bits per heavy atom. The Balaban J connectivity index is 2.36. The van der Waals surface area contributed by atoms with Gasteiger partial charge in [0.2, 0.25) is 5.78 Å². The Labute approximate surface area is 109 Å². The Bertz CT molecular complexity index is 577. The van der Waals surface area contributed by atoms with Crippen LogP contribution in [0.3, 0.4) is 0 Å². The molecule has 0 spiro atoms. The second-order valence-electron chi connectivity index (χ2n) is 3.65. The van der Waals surface area contributed by atoms with Crippen LogP contribution < -0.4 is 0 Å². The molecule has 0 saturated heterocycles. The predicted octanol–water partition coefficient (Wildman–Crippen LogP) is 3.40. The van der Waals surface area contributed by atoms with Gasteiger partial charge in [-0.2, -0.15) is 0 Å². The molecule has 0 fully saturated rings. The first-order valence-electron chi connectivity index (χ1n) is 5.30. The van der Waals surface area contributed by atoms with Gasteiger partial charge in [0.15, 0.2) is 5.71 Å². The van der Waals surface area contributed by atoms with E-state index in [-0.39, 0.29) is 11.5 Å². The lowest BCUT2D eigenvalue weighted by Crippen LogP contribution is -2.15. The summed E-state index contributed by atoms with van der Waals surface area (Å²) in [5.41, 5.74) is 0.994. The van der Waals surface area contributed by atoms with Crippen LogP contribution >= 0.6 is 11.6 Å². The molecule has 0 bridgehead atoms. The third kappa shape index (κ3) is 2.57. The van der Waals surface area contributed by atoms with Crippen LogP contribution in [-0.4, -0.2) is 16.7 Å². The minimum Gasteiger partial charge on any atom is -0.410 e. The van der Waals surface area contributed by atoms with Gasteiger partial charge in [0.05, 0.1) is 0 Å². The van der Waals surface area contributed by atoms with Crippen molar-refractivity contribution in [2.24, 2.45) is 5.16 Å². The molecule has 0 heterocycles. The lowest BCUT2D eigenvalue weighted by atomic mass is 10.0. The smallest absolute Gasteiger partial charge is 0.215 e. The van der Waals surface area contributed by atoms with Crippen molar-refractivity contribution in [2.45, 2.75) is 0 Å². The maximum Gasteiger partial charge on any atom is 0.215 e. The van der Waals surface area contributed by atoms with Crippen LogP contribution in [0.25, 0.3) is 0 Å². The molecule has 4 heteroatoms. The van der Waals surface area contributed by atoms with Crippen LogP contribution in [-0.2, 0) is 0 Å². The van der Waals surface area contributed by atoms with E-state index >= 15 is 0 Å². The number of hydrogen-bond donors (Lipinski definition) is 1. The van der Waals surface area contributed by atoms with Crippen molar-refractivity contribution in [3.05, 3.63) is 70.7 Å². The number of oxime groups is 1. The molecule has 2 aromatic carbocycles. The number of hydrogen-bond acceptors (Lipinski definition) is 3. The van der Waals surface area contributed by atoms with Crippen molar-refractivity contribution < 1.29 is 10.0 Å². The molecule has 0 aliphatic carbocycles. The van der Waals surface area contributed by atoms with Gasteiger partial charge in [0.1, 0.15) is 0 Å². The van der Waals surface area contributed by atoms with E-state index in [1.807, 2.05) is 6.07 Å². The number of rotatable bonds is 3. The van der Waals surface area contributed by atoms with E-state index in [1.54, 1.807) is 48.5 Å². The fourth-order valence-electron chi connectivity index (χ4n) is 1.57. The minimum atomic E-state index is -0.333. The first-order chi connectivity index (χ1) is 8.72. The average molecular weight is 260 g/mol. The Morgan fingerprint density at radius 2 is 1.56 bits per heavy atom. The number of Topliss-reactive ketones (excluding diaryl/α,β-unsaturated/α-hetero) is 1. The average Bonchev–Trinajstić information content (AvgIpc) is 2.42. The number of carbonyl (C=O) groups excluding carboxylic acids is 1. The summed E-state index contributed by atoms with van der Waals surface area (Å²) in [6.07, 6.45) is 0. The van der Waals surface area contributed by atoms with Crippen molar-refractivity contribution in [1.29, 1.82) is 0 Å². The van der Waals surface area contributed by atoms with Gasteiger partial charge in [-0.3, -0.25) is 4.79 Å².